The van der Waals surface area contributed by atoms with Crippen molar-refractivity contribution in [2.75, 3.05) is 13.8 Å². The average Bonchev–Trinajstić information content (AvgIpc) is 2.55. The van der Waals surface area contributed by atoms with Crippen LogP contribution in [0.5, 0.6) is 0 Å². The Kier molecular flexibility index (Phi) is 2.93. The highest BCUT2D eigenvalue weighted by atomic mass is 16.5. The maximum Gasteiger partial charge on any atom is 0.323 e. The van der Waals surface area contributed by atoms with Crippen molar-refractivity contribution < 1.29 is 9.53 Å². The lowest BCUT2D eigenvalue weighted by atomic mass is 10.2. The third kappa shape index (κ3) is 2.13. The van der Waals surface area contributed by atoms with Crippen molar-refractivity contribution in [1.82, 2.24) is 10.6 Å². The normalized spacial score (nSPS) is 17.3. The van der Waals surface area contributed by atoms with Gasteiger partial charge in [-0.25, -0.2) is 0 Å². The van der Waals surface area contributed by atoms with Gasteiger partial charge in [0.05, 0.1) is 13.8 Å². The standard InChI is InChI=1S/C7H13N3O2/c1-12-7(11)6(8)2-5-3-9-4-10-5/h3,6,9-10H,2,4,8H2,1H3/t6-/m1/s1. The van der Waals surface area contributed by atoms with E-state index in [9.17, 15) is 4.79 Å². The summed E-state index contributed by atoms with van der Waals surface area (Å²) in [6, 6.07) is -0.575. The Bertz CT molecular complexity index is 203. The van der Waals surface area contributed by atoms with Gasteiger partial charge >= 0.3 is 5.97 Å². The van der Waals surface area contributed by atoms with Crippen molar-refractivity contribution >= 4 is 5.97 Å². The van der Waals surface area contributed by atoms with Crippen LogP contribution >= 0.6 is 0 Å². The summed E-state index contributed by atoms with van der Waals surface area (Å²) in [6.45, 7) is 0.698. The van der Waals surface area contributed by atoms with E-state index in [0.29, 0.717) is 13.1 Å². The highest BCUT2D eigenvalue weighted by Gasteiger charge is 2.16. The predicted octanol–water partition coefficient (Wildman–Crippen LogP) is -1.13. The summed E-state index contributed by atoms with van der Waals surface area (Å²) in [7, 11) is 1.33. The van der Waals surface area contributed by atoms with E-state index in [0.717, 1.165) is 5.70 Å². The summed E-state index contributed by atoms with van der Waals surface area (Å²) < 4.78 is 4.48. The Morgan fingerprint density at radius 1 is 1.92 bits per heavy atom. The minimum absolute atomic E-state index is 0.385. The van der Waals surface area contributed by atoms with Gasteiger partial charge < -0.3 is 21.1 Å². The molecule has 4 N–H and O–H groups in total. The smallest absolute Gasteiger partial charge is 0.323 e. The highest BCUT2D eigenvalue weighted by Crippen LogP contribution is 2.02. The maximum atomic E-state index is 10.9. The van der Waals surface area contributed by atoms with Crippen molar-refractivity contribution in [2.45, 2.75) is 12.5 Å². The zero-order valence-corrected chi connectivity index (χ0v) is 6.96. The summed E-state index contributed by atoms with van der Waals surface area (Å²) in [5.74, 6) is -0.385. The molecule has 0 unspecified atom stereocenters. The molecule has 0 amide bonds. The average molecular weight is 171 g/mol. The molecular formula is C7H13N3O2. The van der Waals surface area contributed by atoms with Gasteiger partial charge in [0.1, 0.15) is 6.04 Å². The van der Waals surface area contributed by atoms with Gasteiger partial charge in [0, 0.05) is 18.3 Å². The molecule has 0 aromatic heterocycles. The number of methoxy groups -OCH3 is 1. The van der Waals surface area contributed by atoms with Crippen molar-refractivity contribution in [1.29, 1.82) is 0 Å². The molecule has 0 saturated heterocycles. The van der Waals surface area contributed by atoms with Crippen LogP contribution in [0.3, 0.4) is 0 Å². The van der Waals surface area contributed by atoms with Crippen molar-refractivity contribution in [3.8, 4) is 0 Å². The molecule has 1 aliphatic rings. The fourth-order valence-electron chi connectivity index (χ4n) is 0.993. The zero-order chi connectivity index (χ0) is 8.97. The van der Waals surface area contributed by atoms with Crippen LogP contribution in [0.4, 0.5) is 0 Å². The van der Waals surface area contributed by atoms with Crippen LogP contribution in [0.1, 0.15) is 6.42 Å². The molecule has 0 aromatic rings. The van der Waals surface area contributed by atoms with Crippen LogP contribution < -0.4 is 16.4 Å². The van der Waals surface area contributed by atoms with Crippen LogP contribution in [0, 0.1) is 0 Å². The first-order valence-electron chi connectivity index (χ1n) is 3.73. The van der Waals surface area contributed by atoms with Gasteiger partial charge in [-0.15, -0.1) is 0 Å². The van der Waals surface area contributed by atoms with Gasteiger partial charge in [-0.1, -0.05) is 0 Å². The highest BCUT2D eigenvalue weighted by molar-refractivity contribution is 5.75. The number of carbonyl (C=O) groups excluding carboxylic acids is 1. The minimum atomic E-state index is -0.575. The lowest BCUT2D eigenvalue weighted by Gasteiger charge is -2.09. The second kappa shape index (κ2) is 3.96. The number of ether oxygens (including phenoxy) is 1. The topological polar surface area (TPSA) is 76.4 Å². The van der Waals surface area contributed by atoms with E-state index in [1.54, 1.807) is 0 Å². The molecule has 5 heteroatoms. The van der Waals surface area contributed by atoms with E-state index in [1.807, 2.05) is 6.20 Å². The van der Waals surface area contributed by atoms with Crippen LogP contribution in [-0.4, -0.2) is 25.8 Å². The maximum absolute atomic E-state index is 10.9. The summed E-state index contributed by atoms with van der Waals surface area (Å²) in [4.78, 5) is 10.9. The van der Waals surface area contributed by atoms with E-state index in [2.05, 4.69) is 15.4 Å². The Morgan fingerprint density at radius 2 is 2.67 bits per heavy atom. The summed E-state index contributed by atoms with van der Waals surface area (Å²) in [5.41, 5.74) is 6.46. The summed E-state index contributed by atoms with van der Waals surface area (Å²) in [6.07, 6.45) is 2.29. The molecule has 12 heavy (non-hydrogen) atoms. The SMILES string of the molecule is COC(=O)[C@H](N)CC1=CNCN1. The molecule has 1 atom stereocenters. The van der Waals surface area contributed by atoms with Crippen LogP contribution in [0.25, 0.3) is 0 Å². The number of esters is 1. The van der Waals surface area contributed by atoms with Crippen LogP contribution in [-0.2, 0) is 9.53 Å². The van der Waals surface area contributed by atoms with Gasteiger partial charge in [0.2, 0.25) is 0 Å². The molecule has 0 aromatic carbocycles. The first-order chi connectivity index (χ1) is 5.74. The van der Waals surface area contributed by atoms with Crippen LogP contribution in [0.15, 0.2) is 11.9 Å². The number of nitrogens with one attached hydrogen (secondary N) is 2. The zero-order valence-electron chi connectivity index (χ0n) is 6.96. The number of nitrogens with two attached hydrogens (primary N) is 1. The Balaban J connectivity index is 2.34. The Hall–Kier alpha value is -1.23. The van der Waals surface area contributed by atoms with Gasteiger partial charge in [-0.2, -0.15) is 0 Å². The third-order valence-corrected chi connectivity index (χ3v) is 1.64. The van der Waals surface area contributed by atoms with Gasteiger partial charge in [-0.3, -0.25) is 4.79 Å². The minimum Gasteiger partial charge on any atom is -0.468 e. The molecule has 0 bridgehead atoms. The summed E-state index contributed by atoms with van der Waals surface area (Å²) in [5, 5.41) is 5.98. The Labute approximate surface area is 70.9 Å². The van der Waals surface area contributed by atoms with Crippen LogP contribution in [0.2, 0.25) is 0 Å². The van der Waals surface area contributed by atoms with Crippen molar-refractivity contribution in [2.24, 2.45) is 5.73 Å². The molecule has 0 saturated carbocycles. The predicted molar refractivity (Wildman–Crippen MR) is 43.8 cm³/mol. The van der Waals surface area contributed by atoms with E-state index in [-0.39, 0.29) is 5.97 Å². The number of carbonyl (C=O) groups is 1. The molecule has 0 radical (unpaired) electrons. The van der Waals surface area contributed by atoms with E-state index in [4.69, 9.17) is 5.73 Å². The quantitative estimate of drug-likeness (QED) is 0.468. The molecular weight excluding hydrogens is 158 g/mol. The fourth-order valence-corrected chi connectivity index (χ4v) is 0.993. The second-order valence-electron chi connectivity index (χ2n) is 2.56. The van der Waals surface area contributed by atoms with Gasteiger partial charge in [0.25, 0.3) is 0 Å². The second-order valence-corrected chi connectivity index (χ2v) is 2.56. The number of rotatable bonds is 3. The molecule has 0 spiro atoms. The molecule has 0 aliphatic carbocycles. The van der Waals surface area contributed by atoms with Gasteiger partial charge in [0.15, 0.2) is 0 Å². The molecule has 1 rings (SSSR count). The largest absolute Gasteiger partial charge is 0.468 e. The van der Waals surface area contributed by atoms with Crippen molar-refractivity contribution in [3.05, 3.63) is 11.9 Å². The van der Waals surface area contributed by atoms with Crippen molar-refractivity contribution in [3.63, 3.8) is 0 Å². The van der Waals surface area contributed by atoms with E-state index >= 15 is 0 Å². The number of hydrogen-bond donors (Lipinski definition) is 3. The molecule has 68 valence electrons. The first-order valence-corrected chi connectivity index (χ1v) is 3.73. The number of hydrogen-bond acceptors (Lipinski definition) is 5. The Morgan fingerprint density at radius 3 is 3.17 bits per heavy atom. The third-order valence-electron chi connectivity index (χ3n) is 1.64. The first kappa shape index (κ1) is 8.86. The molecule has 1 heterocycles. The lowest BCUT2D eigenvalue weighted by Crippen LogP contribution is -2.33. The molecule has 0 fully saturated rings. The lowest BCUT2D eigenvalue weighted by molar-refractivity contribution is -0.142. The van der Waals surface area contributed by atoms with E-state index in [1.165, 1.54) is 7.11 Å². The molecule has 1 aliphatic heterocycles. The summed E-state index contributed by atoms with van der Waals surface area (Å²) >= 11 is 0. The fraction of sp³-hybridized carbons (Fsp3) is 0.571. The molecule has 5 nitrogen and oxygen atoms in total. The monoisotopic (exact) mass is 171 g/mol. The van der Waals surface area contributed by atoms with E-state index < -0.39 is 6.04 Å². The van der Waals surface area contributed by atoms with Gasteiger partial charge in [-0.05, 0) is 0 Å².